The topological polar surface area (TPSA) is 53.5 Å². The van der Waals surface area contributed by atoms with Gasteiger partial charge in [-0.2, -0.15) is 0 Å². The minimum atomic E-state index is -0.291. The van der Waals surface area contributed by atoms with Crippen molar-refractivity contribution in [3.63, 3.8) is 0 Å². The molecule has 1 aliphatic rings. The summed E-state index contributed by atoms with van der Waals surface area (Å²) in [6.45, 7) is 8.55. The lowest BCUT2D eigenvalue weighted by atomic mass is 9.87. The highest BCUT2D eigenvalue weighted by molar-refractivity contribution is 5.96. The van der Waals surface area contributed by atoms with E-state index >= 15 is 0 Å². The fraction of sp³-hybridized carbons (Fsp3) is 0.950. The highest BCUT2D eigenvalue weighted by Crippen LogP contribution is 2.24. The number of carbonyl (C=O) groups is 1. The maximum Gasteiger partial charge on any atom is 0.220 e. The molecule has 1 heterocycles. The van der Waals surface area contributed by atoms with Crippen LogP contribution >= 0.6 is 0 Å². The first-order valence-electron chi connectivity index (χ1n) is 20.3. The van der Waals surface area contributed by atoms with Gasteiger partial charge in [0.2, 0.25) is 5.91 Å². The number of hydrogen-bond donors (Lipinski definition) is 2. The van der Waals surface area contributed by atoms with Crippen molar-refractivity contribution in [1.29, 1.82) is 0 Å². The van der Waals surface area contributed by atoms with Crippen LogP contribution in [0.3, 0.4) is 0 Å². The molecule has 0 saturated carbocycles. The van der Waals surface area contributed by atoms with Gasteiger partial charge in [-0.1, -0.05) is 201 Å². The molecule has 0 radical (unpaired) electrons. The van der Waals surface area contributed by atoms with Gasteiger partial charge in [0.15, 0.2) is 0 Å². The lowest BCUT2D eigenvalue weighted by Crippen LogP contribution is -2.57. The minimum Gasteiger partial charge on any atom is -0.370 e. The lowest BCUT2D eigenvalue weighted by molar-refractivity contribution is -0.122. The first-order valence-corrected chi connectivity index (χ1v) is 20.3. The number of hydrogen-bond acceptors (Lipinski definition) is 3. The Morgan fingerprint density at radius 3 is 1.27 bits per heavy atom. The summed E-state index contributed by atoms with van der Waals surface area (Å²) in [5.41, 5.74) is -0.291. The van der Waals surface area contributed by atoms with Crippen molar-refractivity contribution in [2.45, 2.75) is 232 Å². The first-order chi connectivity index (χ1) is 21.7. The third kappa shape index (κ3) is 22.4. The van der Waals surface area contributed by atoms with E-state index < -0.39 is 0 Å². The van der Waals surface area contributed by atoms with Crippen LogP contribution in [0.4, 0.5) is 0 Å². The Hall–Kier alpha value is -1.06. The molecule has 1 rings (SSSR count). The molecule has 1 aliphatic heterocycles. The minimum absolute atomic E-state index is 0.225. The van der Waals surface area contributed by atoms with E-state index in [0.29, 0.717) is 6.42 Å². The second kappa shape index (κ2) is 30.6. The number of amidine groups is 1. The molecule has 4 nitrogen and oxygen atoms in total. The van der Waals surface area contributed by atoms with Crippen LogP contribution in [0.25, 0.3) is 0 Å². The molecule has 1 atom stereocenters. The quantitative estimate of drug-likeness (QED) is 0.0706. The SMILES string of the molecule is CCCCCCCCCCCCCCCCCC(=O)NC(CC)(CCCCCCCCCCCCCCCC)C1=NCCN1. The average molecular weight is 618 g/mol. The molecular weight excluding hydrogens is 538 g/mol. The van der Waals surface area contributed by atoms with Crippen molar-refractivity contribution >= 4 is 11.7 Å². The second-order valence-electron chi connectivity index (χ2n) is 14.2. The second-order valence-corrected chi connectivity index (χ2v) is 14.2. The lowest BCUT2D eigenvalue weighted by Gasteiger charge is -2.34. The van der Waals surface area contributed by atoms with Crippen LogP contribution in [0.2, 0.25) is 0 Å². The summed E-state index contributed by atoms with van der Waals surface area (Å²) in [4.78, 5) is 17.8. The smallest absolute Gasteiger partial charge is 0.220 e. The Labute approximate surface area is 276 Å². The molecule has 1 amide bonds. The Morgan fingerprint density at radius 1 is 0.568 bits per heavy atom. The average Bonchev–Trinajstić information content (AvgIpc) is 3.58. The molecular formula is C40H79N3O. The summed E-state index contributed by atoms with van der Waals surface area (Å²) in [7, 11) is 0. The Bertz CT molecular complexity index is 663. The standard InChI is InChI=1S/C40H79N3O/c1-4-7-9-11-13-15-17-19-21-22-24-26-28-30-32-34-38(44)43-40(6-3,39-41-36-37-42-39)35-33-31-29-27-25-23-20-18-16-14-12-10-8-5-2/h4-37H2,1-3H3,(H,41,42)(H,43,44). The van der Waals surface area contributed by atoms with Gasteiger partial charge in [0.1, 0.15) is 5.84 Å². The molecule has 0 fully saturated rings. The van der Waals surface area contributed by atoms with E-state index in [-0.39, 0.29) is 11.4 Å². The van der Waals surface area contributed by atoms with Crippen LogP contribution in [0.1, 0.15) is 226 Å². The van der Waals surface area contributed by atoms with Crippen LogP contribution in [0.5, 0.6) is 0 Å². The van der Waals surface area contributed by atoms with Crippen LogP contribution in [-0.2, 0) is 4.79 Å². The molecule has 44 heavy (non-hydrogen) atoms. The summed E-state index contributed by atoms with van der Waals surface area (Å²) < 4.78 is 0. The zero-order valence-electron chi connectivity index (χ0n) is 30.4. The van der Waals surface area contributed by atoms with Gasteiger partial charge in [-0.25, -0.2) is 0 Å². The molecule has 0 aromatic heterocycles. The largest absolute Gasteiger partial charge is 0.370 e. The van der Waals surface area contributed by atoms with Crippen molar-refractivity contribution in [3.8, 4) is 0 Å². The molecule has 260 valence electrons. The number of carbonyl (C=O) groups excluding carboxylic acids is 1. The maximum atomic E-state index is 13.1. The van der Waals surface area contributed by atoms with Gasteiger partial charge in [-0.15, -0.1) is 0 Å². The van der Waals surface area contributed by atoms with E-state index in [9.17, 15) is 4.79 Å². The fourth-order valence-corrected chi connectivity index (χ4v) is 7.00. The fourth-order valence-electron chi connectivity index (χ4n) is 7.00. The summed E-state index contributed by atoms with van der Waals surface area (Å²) >= 11 is 0. The van der Waals surface area contributed by atoms with Gasteiger partial charge in [-0.05, 0) is 19.3 Å². The number of rotatable bonds is 34. The van der Waals surface area contributed by atoms with Crippen molar-refractivity contribution < 1.29 is 4.79 Å². The van der Waals surface area contributed by atoms with Gasteiger partial charge in [0.05, 0.1) is 12.1 Å². The predicted molar refractivity (Wildman–Crippen MR) is 196 cm³/mol. The predicted octanol–water partition coefficient (Wildman–Crippen LogP) is 12.4. The number of nitrogens with one attached hydrogen (secondary N) is 2. The third-order valence-electron chi connectivity index (χ3n) is 10.1. The molecule has 1 unspecified atom stereocenters. The molecule has 0 bridgehead atoms. The summed E-state index contributed by atoms with van der Waals surface area (Å²) in [6.07, 6.45) is 42.2. The van der Waals surface area contributed by atoms with Crippen molar-refractivity contribution in [1.82, 2.24) is 10.6 Å². The van der Waals surface area contributed by atoms with E-state index in [1.54, 1.807) is 0 Å². The first kappa shape index (κ1) is 41.0. The van der Waals surface area contributed by atoms with Crippen molar-refractivity contribution in [2.75, 3.05) is 13.1 Å². The zero-order valence-corrected chi connectivity index (χ0v) is 30.4. The van der Waals surface area contributed by atoms with E-state index in [1.165, 1.54) is 180 Å². The van der Waals surface area contributed by atoms with E-state index in [1.807, 2.05) is 0 Å². The van der Waals surface area contributed by atoms with E-state index in [2.05, 4.69) is 31.4 Å². The highest BCUT2D eigenvalue weighted by Gasteiger charge is 2.36. The Balaban J connectivity index is 2.11. The van der Waals surface area contributed by atoms with E-state index in [0.717, 1.165) is 38.2 Å². The van der Waals surface area contributed by atoms with Gasteiger partial charge in [0, 0.05) is 13.0 Å². The van der Waals surface area contributed by atoms with Crippen LogP contribution < -0.4 is 10.6 Å². The molecule has 4 heteroatoms. The van der Waals surface area contributed by atoms with Crippen LogP contribution in [0, 0.1) is 0 Å². The Morgan fingerprint density at radius 2 is 0.932 bits per heavy atom. The molecule has 0 saturated heterocycles. The normalized spacial score (nSPS) is 14.4. The third-order valence-corrected chi connectivity index (χ3v) is 10.1. The molecule has 0 aromatic rings. The number of amides is 1. The number of aliphatic imine (C=N–C) groups is 1. The maximum absolute atomic E-state index is 13.1. The number of unbranched alkanes of at least 4 members (excludes halogenated alkanes) is 27. The molecule has 2 N–H and O–H groups in total. The number of nitrogens with zero attached hydrogens (tertiary/aromatic N) is 1. The van der Waals surface area contributed by atoms with Gasteiger partial charge in [0.25, 0.3) is 0 Å². The summed E-state index contributed by atoms with van der Waals surface area (Å²) in [5.74, 6) is 1.27. The molecule has 0 spiro atoms. The summed E-state index contributed by atoms with van der Waals surface area (Å²) in [6, 6.07) is 0. The van der Waals surface area contributed by atoms with E-state index in [4.69, 9.17) is 4.99 Å². The van der Waals surface area contributed by atoms with Crippen LogP contribution in [-0.4, -0.2) is 30.4 Å². The molecule has 0 aliphatic carbocycles. The van der Waals surface area contributed by atoms with Gasteiger partial charge in [-0.3, -0.25) is 9.79 Å². The van der Waals surface area contributed by atoms with Crippen molar-refractivity contribution in [3.05, 3.63) is 0 Å². The monoisotopic (exact) mass is 618 g/mol. The van der Waals surface area contributed by atoms with Crippen LogP contribution in [0.15, 0.2) is 4.99 Å². The van der Waals surface area contributed by atoms with Crippen molar-refractivity contribution in [2.24, 2.45) is 4.99 Å². The zero-order chi connectivity index (χ0) is 31.8. The Kier molecular flexibility index (Phi) is 28.5. The highest BCUT2D eigenvalue weighted by atomic mass is 16.1. The van der Waals surface area contributed by atoms with Gasteiger partial charge >= 0.3 is 0 Å². The van der Waals surface area contributed by atoms with Gasteiger partial charge < -0.3 is 10.6 Å². The molecule has 0 aromatic carbocycles. The summed E-state index contributed by atoms with van der Waals surface area (Å²) in [5, 5.41) is 7.00.